The number of benzene rings is 1. The van der Waals surface area contributed by atoms with Crippen molar-refractivity contribution in [2.75, 3.05) is 56.5 Å². The predicted octanol–water partition coefficient (Wildman–Crippen LogP) is 3.63. The first-order valence-electron chi connectivity index (χ1n) is 14.4. The second kappa shape index (κ2) is 13.5. The third-order valence-corrected chi connectivity index (χ3v) is 10.1. The average Bonchev–Trinajstić information content (AvgIpc) is 3.44. The number of piperazine rings is 1. The monoisotopic (exact) mass is 638 g/mol. The molecule has 240 valence electrons. The number of fused-ring (bicyclic) bond motifs is 1. The molecule has 0 aliphatic carbocycles. The zero-order valence-electron chi connectivity index (χ0n) is 24.6. The molecule has 0 unspecified atom stereocenters. The summed E-state index contributed by atoms with van der Waals surface area (Å²) >= 11 is 0. The van der Waals surface area contributed by atoms with E-state index in [1.54, 1.807) is 11.2 Å². The molecule has 0 saturated carbocycles. The Balaban J connectivity index is 0.000000566. The Kier molecular flexibility index (Phi) is 10.2. The first kappa shape index (κ1) is 33.2. The number of aromatic amines is 1. The summed E-state index contributed by atoms with van der Waals surface area (Å²) < 4.78 is 57.9. The highest BCUT2D eigenvalue weighted by atomic mass is 32.2. The van der Waals surface area contributed by atoms with Gasteiger partial charge in [0.2, 0.25) is 10.0 Å². The molecule has 0 spiro atoms. The maximum Gasteiger partial charge on any atom is 0.490 e. The summed E-state index contributed by atoms with van der Waals surface area (Å²) in [7, 11) is -3.18. The molecule has 3 aromatic rings. The maximum absolute atomic E-state index is 12.4. The van der Waals surface area contributed by atoms with Crippen molar-refractivity contribution in [2.24, 2.45) is 5.73 Å². The number of likely N-dealkylation sites (N-methyl/N-ethyl adjacent to an activating group) is 1. The number of anilines is 1. The van der Waals surface area contributed by atoms with Crippen LogP contribution in [-0.4, -0.2) is 102 Å². The lowest BCUT2D eigenvalue weighted by Crippen LogP contribution is -2.46. The van der Waals surface area contributed by atoms with E-state index in [0.29, 0.717) is 18.7 Å². The number of aliphatic carboxylic acids is 1. The Morgan fingerprint density at radius 1 is 1.05 bits per heavy atom. The standard InChI is InChI=1S/C27H36N6O3S.C2HF3O2/c1-3-31-11-13-32(14-12-31)25-6-5-20(17-29-25)21-15-22-24(18-30-26(22)23(16-21)27(28)34)19-7-9-33(10-8-19)37(35,36)4-2;3-2(4,5)1(6)7/h5-6,15-19,30H,3-4,7-14H2,1-2H3,(H2,28,34);(H,6,7). The maximum atomic E-state index is 12.4. The Bertz CT molecular complexity index is 1580. The number of carboxylic acid groups (broad SMARTS) is 1. The van der Waals surface area contributed by atoms with Gasteiger partial charge in [0.1, 0.15) is 5.82 Å². The fourth-order valence-corrected chi connectivity index (χ4v) is 6.75. The Hall–Kier alpha value is -3.69. The van der Waals surface area contributed by atoms with Gasteiger partial charge in [-0.25, -0.2) is 22.5 Å². The number of hydrogen-bond acceptors (Lipinski definition) is 7. The van der Waals surface area contributed by atoms with Gasteiger partial charge in [0.25, 0.3) is 5.91 Å². The number of aromatic nitrogens is 2. The number of alkyl halides is 3. The van der Waals surface area contributed by atoms with Crippen LogP contribution in [0, 0.1) is 0 Å². The highest BCUT2D eigenvalue weighted by Crippen LogP contribution is 2.37. The summed E-state index contributed by atoms with van der Waals surface area (Å²) in [6, 6.07) is 8.03. The molecule has 44 heavy (non-hydrogen) atoms. The zero-order chi connectivity index (χ0) is 32.2. The van der Waals surface area contributed by atoms with Gasteiger partial charge in [-0.15, -0.1) is 0 Å². The van der Waals surface area contributed by atoms with E-state index in [1.807, 2.05) is 24.5 Å². The SMILES string of the molecule is CCN1CCN(c2ccc(-c3cc(C(N)=O)c4[nH]cc(C5CCN(S(=O)(=O)CC)CC5)c4c3)cn2)CC1.O=C(O)C(F)(F)F. The van der Waals surface area contributed by atoms with Crippen LogP contribution in [0.15, 0.2) is 36.7 Å². The summed E-state index contributed by atoms with van der Waals surface area (Å²) in [5.74, 6) is -1.95. The average molecular weight is 639 g/mol. The Morgan fingerprint density at radius 2 is 1.68 bits per heavy atom. The molecule has 2 aliphatic rings. The van der Waals surface area contributed by atoms with Crippen LogP contribution in [0.4, 0.5) is 19.0 Å². The quantitative estimate of drug-likeness (QED) is 0.355. The van der Waals surface area contributed by atoms with Crippen molar-refractivity contribution in [1.29, 1.82) is 0 Å². The molecule has 0 atom stereocenters. The van der Waals surface area contributed by atoms with Crippen molar-refractivity contribution in [1.82, 2.24) is 19.2 Å². The molecule has 1 amide bonds. The van der Waals surface area contributed by atoms with Crippen LogP contribution in [0.1, 0.15) is 48.5 Å². The van der Waals surface area contributed by atoms with Crippen molar-refractivity contribution in [3.63, 3.8) is 0 Å². The number of nitrogens with zero attached hydrogens (tertiary/aromatic N) is 4. The predicted molar refractivity (Wildman–Crippen MR) is 161 cm³/mol. The van der Waals surface area contributed by atoms with E-state index in [-0.39, 0.29) is 11.7 Å². The Labute approximate surface area is 253 Å². The topological polar surface area (TPSA) is 153 Å². The van der Waals surface area contributed by atoms with Crippen LogP contribution in [0.25, 0.3) is 22.0 Å². The second-order valence-electron chi connectivity index (χ2n) is 10.8. The van der Waals surface area contributed by atoms with Crippen molar-refractivity contribution in [3.8, 4) is 11.1 Å². The third kappa shape index (κ3) is 7.50. The first-order chi connectivity index (χ1) is 20.7. The van der Waals surface area contributed by atoms with Gasteiger partial charge in [0.05, 0.1) is 16.8 Å². The molecule has 11 nitrogen and oxygen atoms in total. The minimum atomic E-state index is -5.08. The minimum absolute atomic E-state index is 0.123. The number of nitrogens with two attached hydrogens (primary N) is 1. The Morgan fingerprint density at radius 3 is 2.18 bits per heavy atom. The van der Waals surface area contributed by atoms with E-state index in [9.17, 15) is 26.4 Å². The van der Waals surface area contributed by atoms with Crippen molar-refractivity contribution in [2.45, 2.75) is 38.8 Å². The lowest BCUT2D eigenvalue weighted by molar-refractivity contribution is -0.192. The number of piperidine rings is 1. The molecule has 5 rings (SSSR count). The molecule has 2 saturated heterocycles. The van der Waals surface area contributed by atoms with Crippen LogP contribution in [-0.2, 0) is 14.8 Å². The number of hydrogen-bond donors (Lipinski definition) is 3. The van der Waals surface area contributed by atoms with Gasteiger partial charge >= 0.3 is 12.1 Å². The van der Waals surface area contributed by atoms with Gasteiger partial charge in [-0.3, -0.25) is 4.79 Å². The van der Waals surface area contributed by atoms with E-state index in [1.165, 1.54) is 0 Å². The third-order valence-electron chi connectivity index (χ3n) is 8.21. The van der Waals surface area contributed by atoms with Crippen molar-refractivity contribution < 1.29 is 36.3 Å². The number of sulfonamides is 1. The number of amides is 1. The molecular weight excluding hydrogens is 601 g/mol. The van der Waals surface area contributed by atoms with Crippen LogP contribution in [0.2, 0.25) is 0 Å². The van der Waals surface area contributed by atoms with Gasteiger partial charge in [-0.1, -0.05) is 6.92 Å². The number of rotatable bonds is 7. The van der Waals surface area contributed by atoms with E-state index >= 15 is 0 Å². The number of primary amides is 1. The molecule has 2 aliphatic heterocycles. The second-order valence-corrected chi connectivity index (χ2v) is 13.0. The lowest BCUT2D eigenvalue weighted by Gasteiger charge is -2.34. The van der Waals surface area contributed by atoms with Gasteiger partial charge in [0.15, 0.2) is 0 Å². The van der Waals surface area contributed by atoms with Crippen LogP contribution >= 0.6 is 0 Å². The van der Waals surface area contributed by atoms with E-state index in [0.717, 1.165) is 79.0 Å². The molecule has 15 heteroatoms. The molecule has 4 N–H and O–H groups in total. The molecule has 1 aromatic carbocycles. The number of carbonyl (C=O) groups is 2. The molecule has 0 radical (unpaired) electrons. The summed E-state index contributed by atoms with van der Waals surface area (Å²) in [4.78, 5) is 34.0. The smallest absolute Gasteiger partial charge is 0.475 e. The lowest BCUT2D eigenvalue weighted by atomic mass is 9.88. The van der Waals surface area contributed by atoms with Gasteiger partial charge in [0, 0.05) is 62.6 Å². The molecule has 2 fully saturated rings. The summed E-state index contributed by atoms with van der Waals surface area (Å²) in [6.45, 7) is 9.96. The molecule has 0 bridgehead atoms. The van der Waals surface area contributed by atoms with E-state index < -0.39 is 28.1 Å². The van der Waals surface area contributed by atoms with Gasteiger partial charge in [-0.2, -0.15) is 13.2 Å². The van der Waals surface area contributed by atoms with E-state index in [2.05, 4.69) is 33.8 Å². The van der Waals surface area contributed by atoms with Crippen LogP contribution in [0.5, 0.6) is 0 Å². The molecule has 4 heterocycles. The van der Waals surface area contributed by atoms with Crippen LogP contribution in [0.3, 0.4) is 0 Å². The number of carboxylic acids is 1. The highest BCUT2D eigenvalue weighted by Gasteiger charge is 2.38. The van der Waals surface area contributed by atoms with Gasteiger partial charge < -0.3 is 25.6 Å². The van der Waals surface area contributed by atoms with Crippen molar-refractivity contribution >= 4 is 38.6 Å². The summed E-state index contributed by atoms with van der Waals surface area (Å²) in [5, 5.41) is 8.09. The number of pyridine rings is 1. The van der Waals surface area contributed by atoms with Gasteiger partial charge in [-0.05, 0) is 67.6 Å². The fraction of sp³-hybridized carbons (Fsp3) is 0.483. The normalized spacial score (nSPS) is 17.3. The number of halogens is 3. The molecular formula is C29H37F3N6O5S. The van der Waals surface area contributed by atoms with E-state index in [4.69, 9.17) is 20.6 Å². The fourth-order valence-electron chi connectivity index (χ4n) is 5.62. The highest BCUT2D eigenvalue weighted by molar-refractivity contribution is 7.89. The largest absolute Gasteiger partial charge is 0.490 e. The summed E-state index contributed by atoms with van der Waals surface area (Å²) in [5.41, 5.74) is 9.88. The van der Waals surface area contributed by atoms with Crippen molar-refractivity contribution in [3.05, 3.63) is 47.8 Å². The zero-order valence-corrected chi connectivity index (χ0v) is 25.4. The summed E-state index contributed by atoms with van der Waals surface area (Å²) in [6.07, 6.45) is 0.217. The number of carbonyl (C=O) groups excluding carboxylic acids is 1. The molecule has 2 aromatic heterocycles. The minimum Gasteiger partial charge on any atom is -0.475 e. The number of nitrogens with one attached hydrogen (secondary N) is 1. The number of H-pyrrole nitrogens is 1. The van der Waals surface area contributed by atoms with Crippen LogP contribution < -0.4 is 10.6 Å². The first-order valence-corrected chi connectivity index (χ1v) is 16.0.